The largest absolute Gasteiger partial charge is 0.383 e. The molecule has 0 aliphatic carbocycles. The fourth-order valence-corrected chi connectivity index (χ4v) is 1.27. The van der Waals surface area contributed by atoms with Crippen LogP contribution in [0.25, 0.3) is 0 Å². The highest BCUT2D eigenvalue weighted by Gasteiger charge is 2.02. The molecule has 90 valence electrons. The summed E-state index contributed by atoms with van der Waals surface area (Å²) >= 11 is 0. The number of aromatic nitrogens is 2. The summed E-state index contributed by atoms with van der Waals surface area (Å²) in [6, 6.07) is 1.90. The van der Waals surface area contributed by atoms with Crippen LogP contribution in [0.4, 0.5) is 5.95 Å². The van der Waals surface area contributed by atoms with Crippen LogP contribution in [0.15, 0.2) is 12.3 Å². The van der Waals surface area contributed by atoms with Gasteiger partial charge in [-0.1, -0.05) is 0 Å². The average molecular weight is 224 g/mol. The minimum absolute atomic E-state index is 0.741. The van der Waals surface area contributed by atoms with Gasteiger partial charge in [0.05, 0.1) is 6.61 Å². The molecule has 5 heteroatoms. The lowest BCUT2D eigenvalue weighted by atomic mass is 10.4. The van der Waals surface area contributed by atoms with Crippen molar-refractivity contribution in [1.29, 1.82) is 0 Å². The van der Waals surface area contributed by atoms with E-state index < -0.39 is 0 Å². The highest BCUT2D eigenvalue weighted by molar-refractivity contribution is 5.28. The van der Waals surface area contributed by atoms with Crippen LogP contribution in [0.2, 0.25) is 0 Å². The van der Waals surface area contributed by atoms with E-state index in [1.54, 1.807) is 13.3 Å². The molecule has 1 N–H and O–H groups in total. The molecule has 1 aromatic heterocycles. The van der Waals surface area contributed by atoms with Crippen molar-refractivity contribution in [3.63, 3.8) is 0 Å². The predicted molar refractivity (Wildman–Crippen MR) is 64.8 cm³/mol. The van der Waals surface area contributed by atoms with Crippen LogP contribution >= 0.6 is 0 Å². The molecule has 0 spiro atoms. The number of likely N-dealkylation sites (N-methyl/N-ethyl adjacent to an activating group) is 1. The number of nitrogens with zero attached hydrogens (tertiary/aromatic N) is 3. The molecule has 5 nitrogen and oxygen atoms in total. The second-order valence-electron chi connectivity index (χ2n) is 3.66. The van der Waals surface area contributed by atoms with E-state index in [0.29, 0.717) is 0 Å². The number of methoxy groups -OCH3 is 1. The number of nitrogens with one attached hydrogen (secondary N) is 1. The van der Waals surface area contributed by atoms with Crippen LogP contribution in [0.5, 0.6) is 0 Å². The van der Waals surface area contributed by atoms with Gasteiger partial charge in [-0.2, -0.15) is 0 Å². The predicted octanol–water partition coefficient (Wildman–Crippen LogP) is 0.457. The summed E-state index contributed by atoms with van der Waals surface area (Å²) in [4.78, 5) is 10.6. The van der Waals surface area contributed by atoms with E-state index in [9.17, 15) is 0 Å². The van der Waals surface area contributed by atoms with Crippen LogP contribution in [-0.4, -0.2) is 50.4 Å². The molecular weight excluding hydrogens is 204 g/mol. The van der Waals surface area contributed by atoms with Gasteiger partial charge in [0, 0.05) is 45.7 Å². The van der Waals surface area contributed by atoms with Crippen LogP contribution in [0.3, 0.4) is 0 Å². The van der Waals surface area contributed by atoms with Gasteiger partial charge >= 0.3 is 0 Å². The monoisotopic (exact) mass is 224 g/mol. The zero-order valence-electron chi connectivity index (χ0n) is 10.2. The maximum Gasteiger partial charge on any atom is 0.225 e. The fourth-order valence-electron chi connectivity index (χ4n) is 1.27. The van der Waals surface area contributed by atoms with E-state index in [0.717, 1.165) is 37.9 Å². The number of anilines is 1. The Morgan fingerprint density at radius 3 is 2.94 bits per heavy atom. The smallest absolute Gasteiger partial charge is 0.225 e. The van der Waals surface area contributed by atoms with Gasteiger partial charge in [0.15, 0.2) is 0 Å². The first-order chi connectivity index (χ1) is 7.74. The van der Waals surface area contributed by atoms with Crippen LogP contribution < -0.4 is 10.2 Å². The average Bonchev–Trinajstić information content (AvgIpc) is 2.28. The molecule has 1 aromatic rings. The second kappa shape index (κ2) is 7.14. The zero-order valence-corrected chi connectivity index (χ0v) is 10.2. The third-order valence-electron chi connectivity index (χ3n) is 2.23. The Morgan fingerprint density at radius 2 is 2.25 bits per heavy atom. The molecular formula is C11H20N4O. The van der Waals surface area contributed by atoms with Crippen LogP contribution in [-0.2, 0) is 4.74 Å². The SMILES string of the molecule is COCCNCCN(C)c1nccc(C)n1. The summed E-state index contributed by atoms with van der Waals surface area (Å²) in [5, 5.41) is 3.28. The molecule has 0 aliphatic rings. The number of hydrogen-bond acceptors (Lipinski definition) is 5. The topological polar surface area (TPSA) is 50.3 Å². The number of ether oxygens (including phenoxy) is 1. The first-order valence-electron chi connectivity index (χ1n) is 5.44. The highest BCUT2D eigenvalue weighted by Crippen LogP contribution is 2.03. The highest BCUT2D eigenvalue weighted by atomic mass is 16.5. The van der Waals surface area contributed by atoms with Crippen molar-refractivity contribution >= 4 is 5.95 Å². The van der Waals surface area contributed by atoms with Gasteiger partial charge in [0.1, 0.15) is 0 Å². The number of aryl methyl sites for hydroxylation is 1. The minimum atomic E-state index is 0.741. The van der Waals surface area contributed by atoms with Crippen LogP contribution in [0.1, 0.15) is 5.69 Å². The molecule has 0 aliphatic heterocycles. The number of hydrogen-bond donors (Lipinski definition) is 1. The molecule has 0 aromatic carbocycles. The van der Waals surface area contributed by atoms with Gasteiger partial charge in [-0.05, 0) is 13.0 Å². The summed E-state index contributed by atoms with van der Waals surface area (Å²) in [5.41, 5.74) is 0.990. The molecule has 0 saturated heterocycles. The number of rotatable bonds is 7. The molecule has 0 saturated carbocycles. The first-order valence-corrected chi connectivity index (χ1v) is 5.44. The summed E-state index contributed by atoms with van der Waals surface area (Å²) in [6.07, 6.45) is 1.78. The fraction of sp³-hybridized carbons (Fsp3) is 0.636. The van der Waals surface area contributed by atoms with E-state index in [1.165, 1.54) is 0 Å². The maximum atomic E-state index is 4.95. The van der Waals surface area contributed by atoms with Crippen molar-refractivity contribution in [3.8, 4) is 0 Å². The Kier molecular flexibility index (Phi) is 5.74. The quantitative estimate of drug-likeness (QED) is 0.682. The van der Waals surface area contributed by atoms with E-state index >= 15 is 0 Å². The Hall–Kier alpha value is -1.20. The van der Waals surface area contributed by atoms with E-state index in [1.807, 2.05) is 24.9 Å². The molecule has 1 heterocycles. The minimum Gasteiger partial charge on any atom is -0.383 e. The lowest BCUT2D eigenvalue weighted by Crippen LogP contribution is -2.31. The molecule has 0 atom stereocenters. The molecule has 1 rings (SSSR count). The maximum absolute atomic E-state index is 4.95. The second-order valence-corrected chi connectivity index (χ2v) is 3.66. The summed E-state index contributed by atoms with van der Waals surface area (Å²) in [5.74, 6) is 0.772. The van der Waals surface area contributed by atoms with E-state index in [-0.39, 0.29) is 0 Å². The molecule has 16 heavy (non-hydrogen) atoms. The van der Waals surface area contributed by atoms with Gasteiger partial charge in [-0.25, -0.2) is 9.97 Å². The first kappa shape index (κ1) is 12.9. The van der Waals surface area contributed by atoms with Crippen molar-refractivity contribution in [2.45, 2.75) is 6.92 Å². The zero-order chi connectivity index (χ0) is 11.8. The van der Waals surface area contributed by atoms with Crippen molar-refractivity contribution in [2.24, 2.45) is 0 Å². The molecule has 0 fully saturated rings. The molecule has 0 amide bonds. The third kappa shape index (κ3) is 4.55. The van der Waals surface area contributed by atoms with Gasteiger partial charge in [0.2, 0.25) is 5.95 Å². The lowest BCUT2D eigenvalue weighted by molar-refractivity contribution is 0.200. The Bertz CT molecular complexity index is 306. The normalized spacial score (nSPS) is 10.4. The Balaban J connectivity index is 2.27. The molecule has 0 radical (unpaired) electrons. The van der Waals surface area contributed by atoms with Gasteiger partial charge in [-0.15, -0.1) is 0 Å². The van der Waals surface area contributed by atoms with Crippen molar-refractivity contribution in [3.05, 3.63) is 18.0 Å². The van der Waals surface area contributed by atoms with Gasteiger partial charge < -0.3 is 15.0 Å². The standard InChI is InChI=1S/C11H20N4O/c1-10-4-5-13-11(14-10)15(2)8-6-12-7-9-16-3/h4-5,12H,6-9H2,1-3H3. The van der Waals surface area contributed by atoms with Crippen molar-refractivity contribution in [2.75, 3.05) is 45.3 Å². The van der Waals surface area contributed by atoms with Gasteiger partial charge in [-0.3, -0.25) is 0 Å². The van der Waals surface area contributed by atoms with Gasteiger partial charge in [0.25, 0.3) is 0 Å². The molecule has 0 unspecified atom stereocenters. The molecule has 0 bridgehead atoms. The summed E-state index contributed by atoms with van der Waals surface area (Å²) in [6.45, 7) is 5.36. The van der Waals surface area contributed by atoms with Crippen molar-refractivity contribution < 1.29 is 4.74 Å². The summed E-state index contributed by atoms with van der Waals surface area (Å²) in [7, 11) is 3.70. The van der Waals surface area contributed by atoms with Crippen LogP contribution in [0, 0.1) is 6.92 Å². The third-order valence-corrected chi connectivity index (χ3v) is 2.23. The van der Waals surface area contributed by atoms with E-state index in [2.05, 4.69) is 15.3 Å². The Morgan fingerprint density at radius 1 is 1.44 bits per heavy atom. The summed E-state index contributed by atoms with van der Waals surface area (Å²) < 4.78 is 4.95. The lowest BCUT2D eigenvalue weighted by Gasteiger charge is -2.17. The van der Waals surface area contributed by atoms with E-state index in [4.69, 9.17) is 4.74 Å². The Labute approximate surface area is 96.8 Å². The van der Waals surface area contributed by atoms with Crippen molar-refractivity contribution in [1.82, 2.24) is 15.3 Å².